The molecule has 10 heteroatoms. The Morgan fingerprint density at radius 1 is 1.11 bits per heavy atom. The Kier molecular flexibility index (Phi) is 5.11. The van der Waals surface area contributed by atoms with E-state index in [4.69, 9.17) is 0 Å². The maximum atomic E-state index is 12.7. The molecule has 0 saturated carbocycles. The predicted octanol–water partition coefficient (Wildman–Crippen LogP) is 1.15. The smallest absolute Gasteiger partial charge is 0.344 e. The monoisotopic (exact) mass is 397 g/mol. The summed E-state index contributed by atoms with van der Waals surface area (Å²) in [7, 11) is 0. The van der Waals surface area contributed by atoms with E-state index in [-0.39, 0.29) is 24.2 Å². The number of rotatable bonds is 7. The zero-order valence-electron chi connectivity index (χ0n) is 15.2. The molecule has 0 saturated heterocycles. The van der Waals surface area contributed by atoms with Crippen LogP contribution in [0, 0.1) is 0 Å². The summed E-state index contributed by atoms with van der Waals surface area (Å²) < 4.78 is 4.44. The van der Waals surface area contributed by atoms with Gasteiger partial charge in [0.15, 0.2) is 17.1 Å². The summed E-state index contributed by atoms with van der Waals surface area (Å²) in [5, 5.41) is 15.6. The van der Waals surface area contributed by atoms with Crippen molar-refractivity contribution in [3.8, 4) is 0 Å². The second-order valence-corrected chi connectivity index (χ2v) is 7.24. The number of carbonyl (C=O) groups is 1. The van der Waals surface area contributed by atoms with Gasteiger partial charge >= 0.3 is 5.69 Å². The lowest BCUT2D eigenvalue weighted by molar-refractivity contribution is -0.122. The first-order valence-corrected chi connectivity index (χ1v) is 10.2. The normalized spacial score (nSPS) is 12.5. The van der Waals surface area contributed by atoms with Crippen molar-refractivity contribution in [2.24, 2.45) is 0 Å². The summed E-state index contributed by atoms with van der Waals surface area (Å²) in [5.41, 5.74) is 0.875. The zero-order valence-corrected chi connectivity index (χ0v) is 16.0. The van der Waals surface area contributed by atoms with Crippen molar-refractivity contribution in [2.45, 2.75) is 19.0 Å². The third kappa shape index (κ3) is 3.50. The van der Waals surface area contributed by atoms with Crippen LogP contribution in [0.2, 0.25) is 0 Å². The molecular formula is C18H19N7O2S. The zero-order chi connectivity index (χ0) is 19.5. The molecule has 0 aromatic carbocycles. The van der Waals surface area contributed by atoms with Gasteiger partial charge in [-0.2, -0.15) is 11.8 Å². The summed E-state index contributed by atoms with van der Waals surface area (Å²) in [6, 6.07) is 10.6. The van der Waals surface area contributed by atoms with E-state index in [1.807, 2.05) is 35.1 Å². The highest BCUT2D eigenvalue weighted by Crippen LogP contribution is 2.18. The van der Waals surface area contributed by atoms with Crippen molar-refractivity contribution in [3.05, 3.63) is 65.1 Å². The van der Waals surface area contributed by atoms with Crippen LogP contribution in [-0.4, -0.2) is 46.7 Å². The van der Waals surface area contributed by atoms with Crippen LogP contribution < -0.4 is 11.0 Å². The molecule has 1 amide bonds. The van der Waals surface area contributed by atoms with Gasteiger partial charge in [0.1, 0.15) is 6.54 Å². The molecule has 0 fully saturated rings. The summed E-state index contributed by atoms with van der Waals surface area (Å²) in [6.07, 6.45) is 6.21. The van der Waals surface area contributed by atoms with Gasteiger partial charge in [0.05, 0.1) is 6.04 Å². The average molecular weight is 397 g/mol. The van der Waals surface area contributed by atoms with Gasteiger partial charge in [-0.25, -0.2) is 9.48 Å². The van der Waals surface area contributed by atoms with Crippen LogP contribution in [0.4, 0.5) is 0 Å². The largest absolute Gasteiger partial charge is 0.350 e. The second kappa shape index (κ2) is 7.85. The molecule has 0 bridgehead atoms. The maximum Gasteiger partial charge on any atom is 0.350 e. The summed E-state index contributed by atoms with van der Waals surface area (Å²) >= 11 is 1.69. The molecule has 4 aromatic heterocycles. The fourth-order valence-corrected chi connectivity index (χ4v) is 3.52. The number of fused-ring (bicyclic) bond motifs is 2. The number of aromatic nitrogens is 6. The first-order valence-electron chi connectivity index (χ1n) is 8.79. The molecular weight excluding hydrogens is 378 g/mol. The Bertz CT molecular complexity index is 1180. The number of amides is 1. The molecule has 0 aliphatic heterocycles. The van der Waals surface area contributed by atoms with Crippen LogP contribution in [0.1, 0.15) is 18.3 Å². The van der Waals surface area contributed by atoms with Crippen molar-refractivity contribution in [2.75, 3.05) is 12.0 Å². The molecule has 1 N–H and O–H groups in total. The van der Waals surface area contributed by atoms with Gasteiger partial charge in [-0.1, -0.05) is 12.1 Å². The van der Waals surface area contributed by atoms with Crippen LogP contribution in [0.15, 0.2) is 53.6 Å². The van der Waals surface area contributed by atoms with Gasteiger partial charge in [-0.05, 0) is 42.7 Å². The highest BCUT2D eigenvalue weighted by atomic mass is 32.2. The van der Waals surface area contributed by atoms with Gasteiger partial charge in [-0.3, -0.25) is 13.6 Å². The minimum absolute atomic E-state index is 0.160. The minimum Gasteiger partial charge on any atom is -0.344 e. The van der Waals surface area contributed by atoms with E-state index in [1.165, 1.54) is 4.40 Å². The number of carbonyl (C=O) groups excluding carboxylic acids is 1. The molecule has 0 aliphatic rings. The van der Waals surface area contributed by atoms with Crippen molar-refractivity contribution in [1.82, 2.24) is 34.1 Å². The van der Waals surface area contributed by atoms with Crippen LogP contribution in [0.25, 0.3) is 11.3 Å². The number of thioether (sulfide) groups is 1. The lowest BCUT2D eigenvalue weighted by Gasteiger charge is -2.16. The molecule has 0 spiro atoms. The highest BCUT2D eigenvalue weighted by molar-refractivity contribution is 7.98. The van der Waals surface area contributed by atoms with Gasteiger partial charge in [0.2, 0.25) is 5.91 Å². The van der Waals surface area contributed by atoms with Crippen molar-refractivity contribution in [3.63, 3.8) is 0 Å². The van der Waals surface area contributed by atoms with Crippen molar-refractivity contribution >= 4 is 29.0 Å². The van der Waals surface area contributed by atoms with E-state index in [2.05, 4.69) is 20.6 Å². The number of hydrogen-bond donors (Lipinski definition) is 1. The topological polar surface area (TPSA) is 98.6 Å². The molecule has 0 aliphatic carbocycles. The van der Waals surface area contributed by atoms with Crippen LogP contribution >= 0.6 is 11.8 Å². The number of nitrogens with one attached hydrogen (secondary N) is 1. The Hall–Kier alpha value is -3.14. The Morgan fingerprint density at radius 2 is 1.86 bits per heavy atom. The molecule has 9 nitrogen and oxygen atoms in total. The Morgan fingerprint density at radius 3 is 2.61 bits per heavy atom. The lowest BCUT2D eigenvalue weighted by Crippen LogP contribution is -2.36. The number of nitrogens with zero attached hydrogens (tertiary/aromatic N) is 6. The van der Waals surface area contributed by atoms with E-state index in [1.54, 1.807) is 36.2 Å². The van der Waals surface area contributed by atoms with Crippen molar-refractivity contribution in [1.29, 1.82) is 0 Å². The van der Waals surface area contributed by atoms with Crippen molar-refractivity contribution < 1.29 is 4.79 Å². The second-order valence-electron chi connectivity index (χ2n) is 6.26. The molecule has 4 heterocycles. The van der Waals surface area contributed by atoms with E-state index in [0.717, 1.165) is 16.1 Å². The average Bonchev–Trinajstić information content (AvgIpc) is 3.27. The molecule has 4 aromatic rings. The third-order valence-electron chi connectivity index (χ3n) is 4.38. The first-order chi connectivity index (χ1) is 13.7. The van der Waals surface area contributed by atoms with Gasteiger partial charge in [0, 0.05) is 12.4 Å². The van der Waals surface area contributed by atoms with E-state index in [0.29, 0.717) is 17.9 Å². The van der Waals surface area contributed by atoms with Gasteiger partial charge in [-0.15, -0.1) is 15.3 Å². The lowest BCUT2D eigenvalue weighted by atomic mass is 10.2. The van der Waals surface area contributed by atoms with Crippen LogP contribution in [0.5, 0.6) is 0 Å². The molecule has 1 unspecified atom stereocenters. The maximum absolute atomic E-state index is 12.7. The van der Waals surface area contributed by atoms with E-state index >= 15 is 0 Å². The fourth-order valence-electron chi connectivity index (χ4n) is 3.05. The molecule has 1 atom stereocenters. The first kappa shape index (κ1) is 18.2. The quantitative estimate of drug-likeness (QED) is 0.502. The standard InChI is InChI=1S/C18H19N7O2S/c1-28-11-8-13(17-21-20-14-6-2-4-9-23(14)17)19-16(26)12-25-18(27)24-10-5-3-7-15(24)22-25/h2-7,9-10,13H,8,11-12H2,1H3,(H,19,26). The molecule has 28 heavy (non-hydrogen) atoms. The fraction of sp³-hybridized carbons (Fsp3) is 0.278. The van der Waals surface area contributed by atoms with E-state index < -0.39 is 0 Å². The highest BCUT2D eigenvalue weighted by Gasteiger charge is 2.21. The van der Waals surface area contributed by atoms with Gasteiger partial charge in [0.25, 0.3) is 0 Å². The summed E-state index contributed by atoms with van der Waals surface area (Å²) in [6.45, 7) is -0.160. The van der Waals surface area contributed by atoms with Crippen LogP contribution in [-0.2, 0) is 11.3 Å². The number of hydrogen-bond acceptors (Lipinski definition) is 6. The van der Waals surface area contributed by atoms with Crippen LogP contribution in [0.3, 0.4) is 0 Å². The van der Waals surface area contributed by atoms with Gasteiger partial charge < -0.3 is 5.32 Å². The molecule has 0 radical (unpaired) electrons. The minimum atomic E-state index is -0.348. The third-order valence-corrected chi connectivity index (χ3v) is 5.02. The number of pyridine rings is 2. The SMILES string of the molecule is CSCCC(NC(=O)Cn1nc2ccccn2c1=O)c1nnc2ccccn12. The summed E-state index contributed by atoms with van der Waals surface area (Å²) in [4.78, 5) is 25.0. The molecule has 144 valence electrons. The van der Waals surface area contributed by atoms with E-state index in [9.17, 15) is 9.59 Å². The Labute approximate surface area is 164 Å². The molecule has 4 rings (SSSR count). The summed E-state index contributed by atoms with van der Waals surface area (Å²) in [5.74, 6) is 1.21. The predicted molar refractivity (Wildman–Crippen MR) is 106 cm³/mol. The Balaban J connectivity index is 1.57.